The second-order valence-electron chi connectivity index (χ2n) is 8.72. The molecule has 0 saturated heterocycles. The highest BCUT2D eigenvalue weighted by atomic mass is 32.2. The average Bonchev–Trinajstić information content (AvgIpc) is 3.34. The standard InChI is InChI=1S/C25H23F2N5O7S/c1-12(25(34)35)40(36,37)14-4-6-18(15(10-14)23-30-7-8-32(23)2)38-21-16(26)11-31-24(20(21)27)39-19-9-13(22(28)29)3-5-17(19)33/h3-7,9-12,23,33H,8H2,1-2H3,(H3,28,29)(H,34,35). The van der Waals surface area contributed by atoms with Crippen LogP contribution in [-0.2, 0) is 14.6 Å². The van der Waals surface area contributed by atoms with Gasteiger partial charge in [-0.1, -0.05) is 0 Å². The first-order valence-corrected chi connectivity index (χ1v) is 13.1. The van der Waals surface area contributed by atoms with Crippen molar-refractivity contribution >= 4 is 27.9 Å². The van der Waals surface area contributed by atoms with E-state index in [4.69, 9.17) is 20.6 Å². The summed E-state index contributed by atoms with van der Waals surface area (Å²) < 4.78 is 66.8. The quantitative estimate of drug-likeness (QED) is 0.218. The summed E-state index contributed by atoms with van der Waals surface area (Å²) in [4.78, 5) is 20.6. The third kappa shape index (κ3) is 5.41. The first-order valence-electron chi connectivity index (χ1n) is 11.5. The molecule has 0 radical (unpaired) electrons. The molecule has 5 N–H and O–H groups in total. The van der Waals surface area contributed by atoms with E-state index in [0.29, 0.717) is 12.7 Å². The number of phenolic OH excluding ortho intramolecular Hbond substituents is 1. The molecule has 40 heavy (non-hydrogen) atoms. The molecule has 0 amide bonds. The van der Waals surface area contributed by atoms with Gasteiger partial charge in [0.15, 0.2) is 32.4 Å². The van der Waals surface area contributed by atoms with Crippen molar-refractivity contribution < 1.29 is 41.7 Å². The molecule has 2 aromatic carbocycles. The Morgan fingerprint density at radius 1 is 1.20 bits per heavy atom. The van der Waals surface area contributed by atoms with Gasteiger partial charge in [-0.3, -0.25) is 20.1 Å². The van der Waals surface area contributed by atoms with Gasteiger partial charge >= 0.3 is 5.97 Å². The summed E-state index contributed by atoms with van der Waals surface area (Å²) in [5, 5.41) is 25.1. The van der Waals surface area contributed by atoms with Crippen LogP contribution in [0.2, 0.25) is 0 Å². The third-order valence-corrected chi connectivity index (χ3v) is 8.07. The number of carbonyl (C=O) groups is 1. The summed E-state index contributed by atoms with van der Waals surface area (Å²) in [6.45, 7) is 1.40. The van der Waals surface area contributed by atoms with E-state index in [1.165, 1.54) is 6.07 Å². The molecule has 1 aliphatic heterocycles. The van der Waals surface area contributed by atoms with Gasteiger partial charge in [0.1, 0.15) is 17.8 Å². The smallest absolute Gasteiger partial charge is 0.321 e. The van der Waals surface area contributed by atoms with E-state index in [-0.39, 0.29) is 33.4 Å². The van der Waals surface area contributed by atoms with Crippen molar-refractivity contribution in [2.75, 3.05) is 13.6 Å². The van der Waals surface area contributed by atoms with Crippen molar-refractivity contribution in [3.8, 4) is 28.9 Å². The predicted octanol–water partition coefficient (Wildman–Crippen LogP) is 3.20. The highest BCUT2D eigenvalue weighted by Crippen LogP contribution is 2.40. The van der Waals surface area contributed by atoms with Crippen molar-refractivity contribution in [2.45, 2.75) is 23.2 Å². The number of aromatic hydroxyl groups is 1. The first-order chi connectivity index (χ1) is 18.8. The fourth-order valence-electron chi connectivity index (χ4n) is 3.72. The molecule has 210 valence electrons. The number of pyridine rings is 1. The second-order valence-corrected chi connectivity index (χ2v) is 11.0. The topological polar surface area (TPSA) is 188 Å². The number of hydrogen-bond donors (Lipinski definition) is 4. The van der Waals surface area contributed by atoms with Crippen LogP contribution in [0.1, 0.15) is 24.2 Å². The molecule has 2 unspecified atom stereocenters. The Labute approximate surface area is 226 Å². The van der Waals surface area contributed by atoms with Crippen molar-refractivity contribution in [2.24, 2.45) is 10.7 Å². The molecule has 3 aromatic rings. The lowest BCUT2D eigenvalue weighted by Crippen LogP contribution is -2.27. The molecule has 0 fully saturated rings. The van der Waals surface area contributed by atoms with Gasteiger partial charge in [-0.2, -0.15) is 4.39 Å². The zero-order valence-corrected chi connectivity index (χ0v) is 21.8. The molecule has 12 nitrogen and oxygen atoms in total. The van der Waals surface area contributed by atoms with Crippen LogP contribution in [-0.4, -0.2) is 65.4 Å². The number of benzene rings is 2. The number of sulfone groups is 1. The summed E-state index contributed by atoms with van der Waals surface area (Å²) in [5.41, 5.74) is 5.69. The van der Waals surface area contributed by atoms with Crippen molar-refractivity contribution in [3.63, 3.8) is 0 Å². The molecular weight excluding hydrogens is 552 g/mol. The number of ether oxygens (including phenoxy) is 2. The highest BCUT2D eigenvalue weighted by Gasteiger charge is 2.33. The molecular formula is C25H23F2N5O7S. The van der Waals surface area contributed by atoms with E-state index in [1.54, 1.807) is 18.2 Å². The number of halogens is 2. The minimum atomic E-state index is -4.32. The van der Waals surface area contributed by atoms with Crippen LogP contribution in [0.4, 0.5) is 8.78 Å². The van der Waals surface area contributed by atoms with E-state index < -0.39 is 56.2 Å². The van der Waals surface area contributed by atoms with Gasteiger partial charge in [-0.25, -0.2) is 17.8 Å². The number of carboxylic acid groups (broad SMARTS) is 1. The SMILES string of the molecule is CC(C(=O)O)S(=O)(=O)c1ccc(Oc2c(F)cnc(Oc3cc(C(=N)N)ccc3O)c2F)c(C2N=CCN2C)c1. The van der Waals surface area contributed by atoms with Crippen LogP contribution >= 0.6 is 0 Å². The molecule has 0 saturated carbocycles. The summed E-state index contributed by atoms with van der Waals surface area (Å²) in [6.07, 6.45) is 1.36. The molecule has 0 bridgehead atoms. The number of amidine groups is 1. The fraction of sp³-hybridized carbons (Fsp3) is 0.200. The van der Waals surface area contributed by atoms with Gasteiger partial charge < -0.3 is 25.4 Å². The van der Waals surface area contributed by atoms with Crippen LogP contribution in [0.3, 0.4) is 0 Å². The molecule has 1 aliphatic rings. The second kappa shape index (κ2) is 10.9. The number of aromatic nitrogens is 1. The van der Waals surface area contributed by atoms with Gasteiger partial charge in [0.2, 0.25) is 11.6 Å². The molecule has 2 atom stereocenters. The Balaban J connectivity index is 1.77. The Hall–Kier alpha value is -4.63. The molecule has 2 heterocycles. The minimum Gasteiger partial charge on any atom is -0.504 e. The van der Waals surface area contributed by atoms with E-state index in [9.17, 15) is 27.8 Å². The maximum Gasteiger partial charge on any atom is 0.321 e. The van der Waals surface area contributed by atoms with Crippen LogP contribution in [0.15, 0.2) is 52.5 Å². The lowest BCUT2D eigenvalue weighted by atomic mass is 10.1. The van der Waals surface area contributed by atoms with Crippen molar-refractivity contribution in [1.82, 2.24) is 9.88 Å². The highest BCUT2D eigenvalue weighted by molar-refractivity contribution is 7.92. The molecule has 0 aliphatic carbocycles. The Morgan fingerprint density at radius 3 is 2.55 bits per heavy atom. The van der Waals surface area contributed by atoms with E-state index in [1.807, 2.05) is 0 Å². The van der Waals surface area contributed by atoms with Gasteiger partial charge in [0.05, 0.1) is 11.1 Å². The number of aliphatic imine (C=N–C) groups is 1. The molecule has 4 rings (SSSR count). The largest absolute Gasteiger partial charge is 0.504 e. The lowest BCUT2D eigenvalue weighted by molar-refractivity contribution is -0.136. The van der Waals surface area contributed by atoms with Gasteiger partial charge in [0.25, 0.3) is 5.88 Å². The normalized spacial score (nSPS) is 16.1. The minimum absolute atomic E-state index is 0.0970. The Bertz CT molecular complexity index is 1650. The number of nitrogens with two attached hydrogens (primary N) is 1. The van der Waals surface area contributed by atoms with Gasteiger partial charge in [0, 0.05) is 23.9 Å². The summed E-state index contributed by atoms with van der Waals surface area (Å²) in [6, 6.07) is 7.00. The van der Waals surface area contributed by atoms with Gasteiger partial charge in [-0.15, -0.1) is 0 Å². The Morgan fingerprint density at radius 2 is 1.93 bits per heavy atom. The lowest BCUT2D eigenvalue weighted by Gasteiger charge is -2.22. The summed E-state index contributed by atoms with van der Waals surface area (Å²) >= 11 is 0. The molecule has 1 aromatic heterocycles. The number of phenols is 1. The van der Waals surface area contributed by atoms with Gasteiger partial charge in [-0.05, 0) is 50.4 Å². The number of nitrogens with one attached hydrogen (secondary N) is 1. The summed E-state index contributed by atoms with van der Waals surface area (Å²) in [7, 11) is -2.65. The molecule has 0 spiro atoms. The fourth-order valence-corrected chi connectivity index (χ4v) is 4.94. The van der Waals surface area contributed by atoms with E-state index in [0.717, 1.165) is 37.3 Å². The number of carboxylic acids is 1. The number of aliphatic carboxylic acids is 1. The third-order valence-electron chi connectivity index (χ3n) is 6.02. The maximum absolute atomic E-state index is 15.4. The number of nitrogen functional groups attached to an aromatic ring is 1. The predicted molar refractivity (Wildman–Crippen MR) is 138 cm³/mol. The number of rotatable bonds is 9. The zero-order valence-electron chi connectivity index (χ0n) is 21.0. The first kappa shape index (κ1) is 28.4. The molecule has 15 heteroatoms. The summed E-state index contributed by atoms with van der Waals surface area (Å²) in [5.74, 6) is -7.17. The maximum atomic E-state index is 15.4. The van der Waals surface area contributed by atoms with Crippen LogP contribution in [0.25, 0.3) is 0 Å². The number of nitrogens with zero attached hydrogens (tertiary/aromatic N) is 3. The Kier molecular flexibility index (Phi) is 7.70. The van der Waals surface area contributed by atoms with Crippen LogP contribution in [0, 0.1) is 17.0 Å². The van der Waals surface area contributed by atoms with Crippen molar-refractivity contribution in [1.29, 1.82) is 5.41 Å². The van der Waals surface area contributed by atoms with Crippen LogP contribution < -0.4 is 15.2 Å². The van der Waals surface area contributed by atoms with Crippen molar-refractivity contribution in [3.05, 3.63) is 65.4 Å². The zero-order chi connectivity index (χ0) is 29.4. The van der Waals surface area contributed by atoms with E-state index >= 15 is 4.39 Å². The average molecular weight is 576 g/mol. The van der Waals surface area contributed by atoms with E-state index in [2.05, 4.69) is 9.98 Å². The monoisotopic (exact) mass is 575 g/mol. The number of hydrogen-bond acceptors (Lipinski definition) is 10. The van der Waals surface area contributed by atoms with Crippen LogP contribution in [0.5, 0.6) is 28.9 Å².